The van der Waals surface area contributed by atoms with Gasteiger partial charge < -0.3 is 19.4 Å². The molecule has 0 radical (unpaired) electrons. The Balaban J connectivity index is 1.70. The molecule has 164 valence electrons. The number of aryl methyl sites for hydroxylation is 3. The zero-order valence-electron chi connectivity index (χ0n) is 18.2. The van der Waals surface area contributed by atoms with E-state index < -0.39 is 5.91 Å². The summed E-state index contributed by atoms with van der Waals surface area (Å²) in [6, 6.07) is 6.93. The van der Waals surface area contributed by atoms with Gasteiger partial charge in [0.2, 0.25) is 0 Å². The first-order valence-electron chi connectivity index (χ1n) is 9.78. The van der Waals surface area contributed by atoms with Crippen molar-refractivity contribution in [2.75, 3.05) is 19.4 Å². The molecule has 3 rings (SSSR count). The van der Waals surface area contributed by atoms with E-state index in [1.807, 2.05) is 32.9 Å². The Morgan fingerprint density at radius 1 is 1.23 bits per heavy atom. The van der Waals surface area contributed by atoms with Crippen molar-refractivity contribution in [1.29, 1.82) is 0 Å². The molecule has 0 aliphatic carbocycles. The Morgan fingerprint density at radius 2 is 1.90 bits per heavy atom. The van der Waals surface area contributed by atoms with Gasteiger partial charge >= 0.3 is 0 Å². The van der Waals surface area contributed by atoms with Gasteiger partial charge in [-0.3, -0.25) is 14.3 Å². The predicted molar refractivity (Wildman–Crippen MR) is 118 cm³/mol. The number of furan rings is 1. The smallest absolute Gasteiger partial charge is 0.291 e. The number of benzene rings is 1. The molecule has 2 aromatic heterocycles. The van der Waals surface area contributed by atoms with Crippen LogP contribution in [0.4, 0.5) is 5.69 Å². The Kier molecular flexibility index (Phi) is 6.70. The summed E-state index contributed by atoms with van der Waals surface area (Å²) in [4.78, 5) is 26.6. The fourth-order valence-corrected chi connectivity index (χ4v) is 3.17. The summed E-state index contributed by atoms with van der Waals surface area (Å²) in [6.45, 7) is 6.34. The minimum absolute atomic E-state index is 0.106. The fourth-order valence-electron chi connectivity index (χ4n) is 3.06. The SMILES string of the molecule is CCn1ncc(NC(=O)c2ccc(COc3cc(C)c(Cl)c(C)c3)o2)c1C(=O)N(C)C. The first-order chi connectivity index (χ1) is 14.7. The Bertz CT molecular complexity index is 1090. The van der Waals surface area contributed by atoms with Crippen molar-refractivity contribution in [2.24, 2.45) is 0 Å². The molecule has 3 aromatic rings. The topological polar surface area (TPSA) is 89.6 Å². The fraction of sp³-hybridized carbons (Fsp3) is 0.318. The number of aromatic nitrogens is 2. The molecule has 0 saturated carbocycles. The highest BCUT2D eigenvalue weighted by molar-refractivity contribution is 6.32. The Morgan fingerprint density at radius 3 is 2.52 bits per heavy atom. The number of hydrogen-bond acceptors (Lipinski definition) is 5. The lowest BCUT2D eigenvalue weighted by Crippen LogP contribution is -2.26. The van der Waals surface area contributed by atoms with Gasteiger partial charge in [-0.25, -0.2) is 0 Å². The van der Waals surface area contributed by atoms with Crippen molar-refractivity contribution >= 4 is 29.1 Å². The molecule has 0 unspecified atom stereocenters. The number of carbonyl (C=O) groups is 2. The van der Waals surface area contributed by atoms with E-state index in [-0.39, 0.29) is 18.3 Å². The number of nitrogens with one attached hydrogen (secondary N) is 1. The van der Waals surface area contributed by atoms with Gasteiger partial charge in [-0.2, -0.15) is 5.10 Å². The first kappa shape index (κ1) is 22.4. The zero-order chi connectivity index (χ0) is 22.7. The van der Waals surface area contributed by atoms with E-state index in [0.717, 1.165) is 11.1 Å². The van der Waals surface area contributed by atoms with Crippen molar-refractivity contribution < 1.29 is 18.7 Å². The molecule has 9 heteroatoms. The first-order valence-corrected chi connectivity index (χ1v) is 10.2. The maximum absolute atomic E-state index is 12.6. The van der Waals surface area contributed by atoms with Gasteiger partial charge in [0, 0.05) is 25.7 Å². The molecule has 0 bridgehead atoms. The molecule has 1 aromatic carbocycles. The minimum Gasteiger partial charge on any atom is -0.486 e. The van der Waals surface area contributed by atoms with Crippen LogP contribution in [0.25, 0.3) is 0 Å². The van der Waals surface area contributed by atoms with Crippen molar-refractivity contribution in [2.45, 2.75) is 33.9 Å². The second-order valence-electron chi connectivity index (χ2n) is 7.30. The minimum atomic E-state index is -0.479. The van der Waals surface area contributed by atoms with E-state index in [2.05, 4.69) is 10.4 Å². The molecule has 0 fully saturated rings. The van der Waals surface area contributed by atoms with Crippen molar-refractivity contribution in [1.82, 2.24) is 14.7 Å². The monoisotopic (exact) mass is 444 g/mol. The van der Waals surface area contributed by atoms with Gasteiger partial charge in [0.05, 0.1) is 11.9 Å². The largest absolute Gasteiger partial charge is 0.486 e. The molecular weight excluding hydrogens is 420 g/mol. The van der Waals surface area contributed by atoms with Crippen LogP contribution in [0.5, 0.6) is 5.75 Å². The van der Waals surface area contributed by atoms with Crippen LogP contribution in [0, 0.1) is 13.8 Å². The third kappa shape index (κ3) is 4.91. The van der Waals surface area contributed by atoms with Crippen LogP contribution in [0.1, 0.15) is 44.9 Å². The quantitative estimate of drug-likeness (QED) is 0.586. The number of hydrogen-bond donors (Lipinski definition) is 1. The number of carbonyl (C=O) groups excluding carboxylic acids is 2. The molecule has 8 nitrogen and oxygen atoms in total. The average Bonchev–Trinajstić information content (AvgIpc) is 3.36. The van der Waals surface area contributed by atoms with Crippen LogP contribution in [0.2, 0.25) is 5.02 Å². The second kappa shape index (κ2) is 9.26. The molecule has 2 amide bonds. The van der Waals surface area contributed by atoms with Gasteiger partial charge in [0.25, 0.3) is 11.8 Å². The summed E-state index contributed by atoms with van der Waals surface area (Å²) < 4.78 is 12.9. The standard InChI is InChI=1S/C22H25ClN4O4/c1-6-27-20(22(29)26(4)5)17(11-24-27)25-21(28)18-8-7-15(31-18)12-30-16-9-13(2)19(23)14(3)10-16/h7-11H,6,12H2,1-5H3,(H,25,28). The lowest BCUT2D eigenvalue weighted by Gasteiger charge is -2.13. The molecule has 1 N–H and O–H groups in total. The highest BCUT2D eigenvalue weighted by atomic mass is 35.5. The van der Waals surface area contributed by atoms with E-state index in [0.29, 0.717) is 34.5 Å². The normalized spacial score (nSPS) is 10.8. The maximum Gasteiger partial charge on any atom is 0.291 e. The second-order valence-corrected chi connectivity index (χ2v) is 7.68. The van der Waals surface area contributed by atoms with Gasteiger partial charge in [-0.05, 0) is 56.2 Å². The summed E-state index contributed by atoms with van der Waals surface area (Å²) in [7, 11) is 3.28. The molecule has 0 atom stereocenters. The van der Waals surface area contributed by atoms with Crippen molar-refractivity contribution in [3.8, 4) is 5.75 Å². The highest BCUT2D eigenvalue weighted by Gasteiger charge is 2.22. The number of nitrogens with zero attached hydrogens (tertiary/aromatic N) is 3. The number of rotatable bonds is 7. The third-order valence-corrected chi connectivity index (χ3v) is 5.27. The molecule has 31 heavy (non-hydrogen) atoms. The van der Waals surface area contributed by atoms with Gasteiger partial charge in [0.1, 0.15) is 23.8 Å². The van der Waals surface area contributed by atoms with E-state index in [1.54, 1.807) is 26.2 Å². The molecule has 0 saturated heterocycles. The molecule has 0 spiro atoms. The summed E-state index contributed by atoms with van der Waals surface area (Å²) in [5.74, 6) is 0.532. The number of ether oxygens (including phenoxy) is 1. The zero-order valence-corrected chi connectivity index (χ0v) is 18.9. The average molecular weight is 445 g/mol. The van der Waals surface area contributed by atoms with E-state index in [1.165, 1.54) is 15.8 Å². The molecule has 0 aliphatic rings. The van der Waals surface area contributed by atoms with Crippen LogP contribution in [0.3, 0.4) is 0 Å². The van der Waals surface area contributed by atoms with Crippen LogP contribution in [-0.2, 0) is 13.2 Å². The molecule has 0 aliphatic heterocycles. The van der Waals surface area contributed by atoms with Crippen LogP contribution in [-0.4, -0.2) is 40.6 Å². The number of anilines is 1. The lowest BCUT2D eigenvalue weighted by atomic mass is 10.1. The van der Waals surface area contributed by atoms with E-state index in [9.17, 15) is 9.59 Å². The summed E-state index contributed by atoms with van der Waals surface area (Å²) in [5.41, 5.74) is 2.48. The summed E-state index contributed by atoms with van der Waals surface area (Å²) in [6.07, 6.45) is 1.45. The lowest BCUT2D eigenvalue weighted by molar-refractivity contribution is 0.0816. The summed E-state index contributed by atoms with van der Waals surface area (Å²) in [5, 5.41) is 7.59. The van der Waals surface area contributed by atoms with Crippen molar-refractivity contribution in [3.63, 3.8) is 0 Å². The Labute approximate surface area is 185 Å². The molecule has 2 heterocycles. The predicted octanol–water partition coefficient (Wildman–Crippen LogP) is 4.30. The van der Waals surface area contributed by atoms with Gasteiger partial charge in [-0.1, -0.05) is 11.6 Å². The van der Waals surface area contributed by atoms with Crippen LogP contribution < -0.4 is 10.1 Å². The van der Waals surface area contributed by atoms with Crippen LogP contribution >= 0.6 is 11.6 Å². The number of amides is 2. The highest BCUT2D eigenvalue weighted by Crippen LogP contribution is 2.26. The molecular formula is C22H25ClN4O4. The Hall–Kier alpha value is -3.26. The van der Waals surface area contributed by atoms with E-state index in [4.69, 9.17) is 20.8 Å². The van der Waals surface area contributed by atoms with Crippen LogP contribution in [0.15, 0.2) is 34.9 Å². The van der Waals surface area contributed by atoms with Gasteiger partial charge in [-0.15, -0.1) is 0 Å². The van der Waals surface area contributed by atoms with Gasteiger partial charge in [0.15, 0.2) is 5.76 Å². The maximum atomic E-state index is 12.6. The third-order valence-electron chi connectivity index (χ3n) is 4.67. The van der Waals surface area contributed by atoms with Crippen molar-refractivity contribution in [3.05, 3.63) is 63.8 Å². The summed E-state index contributed by atoms with van der Waals surface area (Å²) >= 11 is 6.18. The number of halogens is 1. The van der Waals surface area contributed by atoms with E-state index >= 15 is 0 Å².